The van der Waals surface area contributed by atoms with Gasteiger partial charge in [-0.3, -0.25) is 0 Å². The van der Waals surface area contributed by atoms with Crippen molar-refractivity contribution >= 4 is 146 Å². The summed E-state index contributed by atoms with van der Waals surface area (Å²) in [5.41, 5.74) is 16.7. The molecule has 7 aromatic rings. The van der Waals surface area contributed by atoms with Gasteiger partial charge in [0.25, 0.3) is 0 Å². The first-order chi connectivity index (χ1) is 25.3. The molecule has 0 N–H and O–H groups in total. The molecule has 6 aliphatic heterocycles. The molecule has 6 aliphatic rings. The second-order valence-corrected chi connectivity index (χ2v) is 19.5. The average Bonchev–Trinajstić information content (AvgIpc) is 3.17. The van der Waals surface area contributed by atoms with Gasteiger partial charge in [0.2, 0.25) is 20.1 Å². The molecule has 0 spiro atoms. The molecule has 0 fully saturated rings. The fourth-order valence-electron chi connectivity index (χ4n) is 9.80. The van der Waals surface area contributed by atoms with Crippen LogP contribution in [0.2, 0.25) is 0 Å². The summed E-state index contributed by atoms with van der Waals surface area (Å²) in [6, 6.07) is 49.0. The van der Waals surface area contributed by atoms with Crippen LogP contribution in [0.4, 0.5) is 0 Å². The highest BCUT2D eigenvalue weighted by molar-refractivity contribution is 8.03. The first-order valence-corrected chi connectivity index (χ1v) is 21.6. The van der Waals surface area contributed by atoms with Crippen LogP contribution in [0.15, 0.2) is 176 Å². The summed E-state index contributed by atoms with van der Waals surface area (Å²) in [5.74, 6) is 0. The zero-order chi connectivity index (χ0) is 32.9. The molecule has 0 amide bonds. The van der Waals surface area contributed by atoms with Gasteiger partial charge in [-0.1, -0.05) is 181 Å². The Kier molecular flexibility index (Phi) is 6.03. The van der Waals surface area contributed by atoms with Crippen molar-refractivity contribution in [3.63, 3.8) is 0 Å². The predicted octanol–water partition coefficient (Wildman–Crippen LogP) is 3.26. The average molecular weight is 730 g/mol. The van der Waals surface area contributed by atoms with E-state index in [1.54, 1.807) is 27.3 Å². The largest absolute Gasteiger partial charge is 0.248 e. The highest BCUT2D eigenvalue weighted by Gasteiger charge is 2.50. The molecular weight excluding hydrogens is 708 g/mol. The van der Waals surface area contributed by atoms with Crippen LogP contribution < -0.4 is 60.1 Å². The van der Waals surface area contributed by atoms with Crippen LogP contribution >= 0.6 is 58.8 Å². The smallest absolute Gasteiger partial charge is 0.0916 e. The Hall–Kier alpha value is -3.45. The van der Waals surface area contributed by atoms with Gasteiger partial charge in [-0.15, -0.1) is 0 Å². The molecule has 9 heteroatoms. The first kappa shape index (κ1) is 29.1. The van der Waals surface area contributed by atoms with Crippen molar-refractivity contribution in [1.29, 1.82) is 0 Å². The summed E-state index contributed by atoms with van der Waals surface area (Å²) < 4.78 is 0. The zero-order valence-electron chi connectivity index (χ0n) is 27.1. The Morgan fingerprint density at radius 3 is 1.20 bits per heavy atom. The second kappa shape index (κ2) is 10.6. The summed E-state index contributed by atoms with van der Waals surface area (Å²) in [7, 11) is 0.974. The highest BCUT2D eigenvalue weighted by Crippen LogP contribution is 2.43. The van der Waals surface area contributed by atoms with Crippen LogP contribution in [0.3, 0.4) is 0 Å². The maximum Gasteiger partial charge on any atom is 0.248 e. The van der Waals surface area contributed by atoms with E-state index in [1.807, 2.05) is 35.3 Å². The minimum Gasteiger partial charge on any atom is -0.0916 e. The van der Waals surface area contributed by atoms with E-state index in [1.165, 1.54) is 81.7 Å². The Labute approximate surface area is 320 Å². The van der Waals surface area contributed by atoms with Gasteiger partial charge >= 0.3 is 0 Å². The molecule has 6 heterocycles. The molecule has 0 aliphatic carbocycles. The first-order valence-electron chi connectivity index (χ1n) is 17.6. The lowest BCUT2D eigenvalue weighted by molar-refractivity contribution is 1.31. The second-order valence-electron chi connectivity index (χ2n) is 14.1. The summed E-state index contributed by atoms with van der Waals surface area (Å²) in [6.45, 7) is 0.604. The molecule has 0 nitrogen and oxygen atoms in total. The Balaban J connectivity index is 1.22. The lowest BCUT2D eigenvalue weighted by Gasteiger charge is -2.44. The van der Waals surface area contributed by atoms with E-state index < -0.39 is 0 Å². The minimum atomic E-state index is 0.194. The molecule has 0 saturated carbocycles. The Morgan fingerprint density at radius 1 is 0.314 bits per heavy atom. The zero-order valence-corrected chi connectivity index (χ0v) is 31.2. The van der Waals surface area contributed by atoms with E-state index in [2.05, 4.69) is 151 Å². The highest BCUT2D eigenvalue weighted by atomic mass is 32.2. The Bertz CT molecular complexity index is 2440. The van der Waals surface area contributed by atoms with Crippen molar-refractivity contribution in [3.8, 4) is 0 Å². The van der Waals surface area contributed by atoms with Gasteiger partial charge in [0.1, 0.15) is 0 Å². The number of hydrogen-bond donors (Lipinski definition) is 0. The summed E-state index contributed by atoms with van der Waals surface area (Å²) in [4.78, 5) is 14.3. The molecule has 7 aromatic carbocycles. The molecule has 0 bridgehead atoms. The lowest BCUT2D eigenvalue weighted by Crippen LogP contribution is -2.78. The van der Waals surface area contributed by atoms with E-state index in [4.69, 9.17) is 0 Å². The number of benzene rings is 7. The molecule has 0 aromatic heterocycles. The topological polar surface area (TPSA) is 0 Å². The van der Waals surface area contributed by atoms with Crippen LogP contribution in [0.5, 0.6) is 0 Å². The van der Waals surface area contributed by atoms with Crippen LogP contribution in [-0.2, 0) is 0 Å². The van der Waals surface area contributed by atoms with E-state index in [0.29, 0.717) is 0 Å². The Morgan fingerprint density at radius 2 is 0.686 bits per heavy atom. The molecular formula is C42H22B4S5. The third kappa shape index (κ3) is 3.82. The van der Waals surface area contributed by atoms with Gasteiger partial charge in [0, 0.05) is 49.0 Å². The van der Waals surface area contributed by atoms with Crippen molar-refractivity contribution in [2.75, 3.05) is 0 Å². The van der Waals surface area contributed by atoms with Gasteiger partial charge in [-0.25, -0.2) is 0 Å². The molecule has 0 unspecified atom stereocenters. The fourth-order valence-corrected chi connectivity index (χ4v) is 16.3. The maximum absolute atomic E-state index is 2.43. The van der Waals surface area contributed by atoms with E-state index in [0.717, 1.165) is 7.28 Å². The van der Waals surface area contributed by atoms with Crippen LogP contribution in [-0.4, -0.2) is 27.4 Å². The normalized spacial score (nSPS) is 15.5. The predicted molar refractivity (Wildman–Crippen MR) is 226 cm³/mol. The van der Waals surface area contributed by atoms with Crippen molar-refractivity contribution in [1.82, 2.24) is 0 Å². The fraction of sp³-hybridized carbons (Fsp3) is 0. The molecule has 232 valence electrons. The van der Waals surface area contributed by atoms with Crippen LogP contribution in [0.25, 0.3) is 0 Å². The minimum absolute atomic E-state index is 0.194. The summed E-state index contributed by atoms with van der Waals surface area (Å²) >= 11 is 10.0. The summed E-state index contributed by atoms with van der Waals surface area (Å²) in [5, 5.41) is 0. The van der Waals surface area contributed by atoms with E-state index in [-0.39, 0.29) is 20.1 Å². The van der Waals surface area contributed by atoms with Crippen LogP contribution in [0, 0.1) is 0 Å². The molecule has 0 saturated heterocycles. The lowest BCUT2D eigenvalue weighted by atomic mass is 9.23. The third-order valence-electron chi connectivity index (χ3n) is 11.7. The van der Waals surface area contributed by atoms with Gasteiger partial charge in [0.05, 0.1) is 0 Å². The molecule has 0 radical (unpaired) electrons. The van der Waals surface area contributed by atoms with Gasteiger partial charge in [-0.05, 0) is 64.9 Å². The van der Waals surface area contributed by atoms with Crippen molar-refractivity contribution < 1.29 is 0 Å². The number of rotatable bonds is 0. The third-order valence-corrected chi connectivity index (χ3v) is 17.7. The van der Waals surface area contributed by atoms with Crippen LogP contribution in [0.1, 0.15) is 0 Å². The molecule has 51 heavy (non-hydrogen) atoms. The van der Waals surface area contributed by atoms with Gasteiger partial charge < -0.3 is 0 Å². The number of hydrogen-bond acceptors (Lipinski definition) is 5. The molecule has 0 atom stereocenters. The van der Waals surface area contributed by atoms with E-state index in [9.17, 15) is 0 Å². The molecule has 13 rings (SSSR count). The summed E-state index contributed by atoms with van der Waals surface area (Å²) in [6.07, 6.45) is 0. The van der Waals surface area contributed by atoms with Gasteiger partial charge in [0.15, 0.2) is 7.28 Å². The van der Waals surface area contributed by atoms with E-state index >= 15 is 0 Å². The van der Waals surface area contributed by atoms with Crippen molar-refractivity contribution in [2.45, 2.75) is 49.0 Å². The van der Waals surface area contributed by atoms with Gasteiger partial charge in [-0.2, -0.15) is 0 Å². The maximum atomic E-state index is 2.43. The van der Waals surface area contributed by atoms with Crippen molar-refractivity contribution in [3.05, 3.63) is 127 Å². The monoisotopic (exact) mass is 730 g/mol. The number of fused-ring (bicyclic) bond motifs is 15. The quantitative estimate of drug-likeness (QED) is 0.220. The SMILES string of the molecule is B1c2cccc3c2B(c2ccccc2S3)c2c1c1c(c3c2Sc2cccc4c2B3c2ccccc2S4)Sc2cccc3c2B1c1ccccc1S3. The van der Waals surface area contributed by atoms with Crippen molar-refractivity contribution in [2.24, 2.45) is 0 Å². The standard InChI is InChI=1S/C42H22B4S5/c1-4-14-26-23(11-1)44-35-22(10-7-17-29(35)47-26)43-34-38(44)41-40(46-25-13-3-6-16-28(25)49-31-19-9-21-33(51-41)37(31)46)42-39(34)45-24-12-2-5-15-27(24)48-30-18-8-20-32(50-42)36(30)45/h1-21,43H.